The number of halogens is 1. The fraction of sp³-hybridized carbons (Fsp3) is 0.217. The van der Waals surface area contributed by atoms with Crippen LogP contribution in [0.3, 0.4) is 0 Å². The van der Waals surface area contributed by atoms with Crippen LogP contribution >= 0.6 is 0 Å². The molecule has 0 spiro atoms. The Morgan fingerprint density at radius 2 is 1.60 bits per heavy atom. The van der Waals surface area contributed by atoms with E-state index >= 15 is 0 Å². The van der Waals surface area contributed by atoms with E-state index in [4.69, 9.17) is 18.6 Å². The van der Waals surface area contributed by atoms with Crippen LogP contribution < -0.4 is 23.8 Å². The molecule has 0 amide bonds. The number of hydrogen-bond acceptors (Lipinski definition) is 6. The molecule has 0 saturated heterocycles. The van der Waals surface area contributed by atoms with Crippen LogP contribution in [0, 0.1) is 10.2 Å². The van der Waals surface area contributed by atoms with Gasteiger partial charge in [0.05, 0.1) is 14.9 Å². The zero-order valence-electron chi connectivity index (χ0n) is 17.4. The molecule has 7 heteroatoms. The number of anilines is 2. The van der Waals surface area contributed by atoms with E-state index < -0.39 is 10.2 Å². The average molecular weight is 431 g/mol. The van der Waals surface area contributed by atoms with Crippen LogP contribution in [0.5, 0.6) is 0 Å². The smallest absolute Gasteiger partial charge is 0.0777 e. The summed E-state index contributed by atoms with van der Waals surface area (Å²) in [7, 11) is -0.577. The maximum absolute atomic E-state index is 8.60. The number of allylic oxidation sites excluding steroid dienone is 4. The molecule has 2 aromatic rings. The second-order valence-electron chi connectivity index (χ2n) is 6.82. The molecular formula is C23H27ClN2O4. The van der Waals surface area contributed by atoms with Crippen molar-refractivity contribution in [3.05, 3.63) is 84.0 Å². The first-order valence-electron chi connectivity index (χ1n) is 9.49. The molecule has 1 heterocycles. The first-order chi connectivity index (χ1) is 14.2. The van der Waals surface area contributed by atoms with Crippen LogP contribution in [-0.2, 0) is 0 Å². The van der Waals surface area contributed by atoms with Crippen molar-refractivity contribution in [3.63, 3.8) is 0 Å². The summed E-state index contributed by atoms with van der Waals surface area (Å²) in [6.07, 6.45) is 10.9. The molecule has 30 heavy (non-hydrogen) atoms. The average Bonchev–Trinajstić information content (AvgIpc) is 2.70. The highest BCUT2D eigenvalue weighted by atomic mass is 35.7. The monoisotopic (exact) mass is 430 g/mol. The summed E-state index contributed by atoms with van der Waals surface area (Å²) in [5.74, 6) is 0. The Bertz CT molecular complexity index is 894. The molecule has 0 saturated carbocycles. The van der Waals surface area contributed by atoms with E-state index in [0.717, 1.165) is 13.1 Å². The van der Waals surface area contributed by atoms with Gasteiger partial charge in [-0.2, -0.15) is 14.0 Å². The molecule has 160 valence electrons. The molecule has 6 nitrogen and oxygen atoms in total. The molecule has 1 aliphatic rings. The van der Waals surface area contributed by atoms with Gasteiger partial charge in [0.25, 0.3) is 0 Å². The fourth-order valence-corrected chi connectivity index (χ4v) is 3.08. The zero-order chi connectivity index (χ0) is 22.1. The van der Waals surface area contributed by atoms with E-state index in [-0.39, 0.29) is 0 Å². The largest absolute Gasteiger partial charge is 0.378 e. The minimum atomic E-state index is -4.69. The van der Waals surface area contributed by atoms with Crippen LogP contribution in [0.4, 0.5) is 11.4 Å². The highest BCUT2D eigenvalue weighted by Crippen LogP contribution is 2.31. The molecule has 0 bridgehead atoms. The lowest BCUT2D eigenvalue weighted by molar-refractivity contribution is -1.92. The SMILES string of the molecule is CCN1CC=C(C=CC=Cc2ccc(N(C)C)cc2)c2ccccc21.[O-][Cl+3]([O-])([O-])O. The Morgan fingerprint density at radius 3 is 2.20 bits per heavy atom. The standard InChI is InChI=1S/C23H26N2.ClHO4/c1-4-25-18-17-20(22-11-7-8-12-23(22)25)10-6-5-9-19-13-15-21(16-14-19)24(2)3;2-1(3,4)5/h5-17H,4,18H2,1-3H3;(H,2,3,4,5). The Kier molecular flexibility index (Phi) is 8.65. The summed E-state index contributed by atoms with van der Waals surface area (Å²) < 4.78 is 32.7. The summed E-state index contributed by atoms with van der Waals surface area (Å²) in [5.41, 5.74) is 6.38. The van der Waals surface area contributed by atoms with Crippen LogP contribution in [0.15, 0.2) is 72.8 Å². The van der Waals surface area contributed by atoms with Crippen molar-refractivity contribution < 1.29 is 28.9 Å². The number of para-hydroxylation sites is 1. The van der Waals surface area contributed by atoms with E-state index in [1.807, 2.05) is 0 Å². The van der Waals surface area contributed by atoms with Crippen LogP contribution in [0.25, 0.3) is 11.6 Å². The quantitative estimate of drug-likeness (QED) is 0.714. The van der Waals surface area contributed by atoms with Crippen LogP contribution in [0.2, 0.25) is 0 Å². The first-order valence-corrected chi connectivity index (χ1v) is 10.8. The Balaban J connectivity index is 0.000000575. The van der Waals surface area contributed by atoms with Crippen LogP contribution in [-0.4, -0.2) is 31.8 Å². The fourth-order valence-electron chi connectivity index (χ4n) is 3.08. The lowest BCUT2D eigenvalue weighted by atomic mass is 9.98. The Morgan fingerprint density at radius 1 is 1.00 bits per heavy atom. The molecule has 0 aromatic heterocycles. The molecule has 0 radical (unpaired) electrons. The van der Waals surface area contributed by atoms with E-state index in [2.05, 4.69) is 110 Å². The maximum Gasteiger partial charge on any atom is 0.0777 e. The normalized spacial score (nSPS) is 13.7. The highest BCUT2D eigenvalue weighted by Gasteiger charge is 2.14. The van der Waals surface area contributed by atoms with Gasteiger partial charge in [-0.25, -0.2) is 0 Å². The summed E-state index contributed by atoms with van der Waals surface area (Å²) >= 11 is 0. The van der Waals surface area contributed by atoms with Crippen molar-refractivity contribution in [3.8, 4) is 0 Å². The van der Waals surface area contributed by atoms with E-state index in [0.29, 0.717) is 0 Å². The van der Waals surface area contributed by atoms with Gasteiger partial charge in [-0.05, 0) is 36.3 Å². The van der Waals surface area contributed by atoms with Gasteiger partial charge in [-0.15, -0.1) is 0 Å². The number of fused-ring (bicyclic) bond motifs is 1. The minimum Gasteiger partial charge on any atom is -0.378 e. The third-order valence-electron chi connectivity index (χ3n) is 4.55. The molecule has 2 aromatic carbocycles. The molecule has 0 fully saturated rings. The Labute approximate surface area is 180 Å². The number of nitrogens with zero attached hydrogens (tertiary/aromatic N) is 2. The number of rotatable bonds is 5. The lowest BCUT2D eigenvalue weighted by Crippen LogP contribution is -2.58. The maximum atomic E-state index is 8.60. The molecule has 0 atom stereocenters. The summed E-state index contributed by atoms with van der Waals surface area (Å²) in [5, 5.41) is 0. The van der Waals surface area contributed by atoms with Gasteiger partial charge in [-0.3, -0.25) is 0 Å². The van der Waals surface area contributed by atoms with Gasteiger partial charge in [-0.1, -0.05) is 60.7 Å². The third kappa shape index (κ3) is 7.67. The van der Waals surface area contributed by atoms with Gasteiger partial charge in [0.2, 0.25) is 0 Å². The predicted octanol–water partition coefficient (Wildman–Crippen LogP) is 1.12. The summed E-state index contributed by atoms with van der Waals surface area (Å²) in [4.78, 5) is 4.51. The minimum absolute atomic E-state index is 0.975. The highest BCUT2D eigenvalue weighted by molar-refractivity contribution is 5.85. The second kappa shape index (κ2) is 11.0. The van der Waals surface area contributed by atoms with Gasteiger partial charge in [0.1, 0.15) is 0 Å². The third-order valence-corrected chi connectivity index (χ3v) is 4.55. The van der Waals surface area contributed by atoms with E-state index in [9.17, 15) is 0 Å². The topological polar surface area (TPSA) is 95.9 Å². The molecule has 3 rings (SSSR count). The van der Waals surface area contributed by atoms with Crippen molar-refractivity contribution in [2.45, 2.75) is 6.92 Å². The predicted molar refractivity (Wildman–Crippen MR) is 113 cm³/mol. The van der Waals surface area contributed by atoms with Gasteiger partial charge in [0, 0.05) is 44.1 Å². The second-order valence-corrected chi connectivity index (χ2v) is 7.61. The number of hydrogen-bond donors (Lipinski definition) is 1. The van der Waals surface area contributed by atoms with E-state index in [1.54, 1.807) is 0 Å². The van der Waals surface area contributed by atoms with Crippen molar-refractivity contribution in [2.24, 2.45) is 0 Å². The molecular weight excluding hydrogens is 404 g/mol. The zero-order valence-corrected chi connectivity index (χ0v) is 18.1. The summed E-state index contributed by atoms with van der Waals surface area (Å²) in [6.45, 7) is 4.21. The molecule has 0 unspecified atom stereocenters. The first kappa shape index (κ1) is 23.7. The van der Waals surface area contributed by atoms with Gasteiger partial charge >= 0.3 is 0 Å². The number of benzene rings is 2. The van der Waals surface area contributed by atoms with Crippen molar-refractivity contribution in [1.29, 1.82) is 0 Å². The molecule has 0 aliphatic carbocycles. The van der Waals surface area contributed by atoms with Crippen molar-refractivity contribution in [1.82, 2.24) is 0 Å². The molecule has 1 aliphatic heterocycles. The van der Waals surface area contributed by atoms with E-state index in [1.165, 1.54) is 28.1 Å². The lowest BCUT2D eigenvalue weighted by Gasteiger charge is -2.29. The van der Waals surface area contributed by atoms with Crippen LogP contribution in [0.1, 0.15) is 18.1 Å². The van der Waals surface area contributed by atoms with Gasteiger partial charge < -0.3 is 9.80 Å². The van der Waals surface area contributed by atoms with Crippen molar-refractivity contribution in [2.75, 3.05) is 37.0 Å². The Hall–Kier alpha value is -2.61. The van der Waals surface area contributed by atoms with Gasteiger partial charge in [0.15, 0.2) is 0 Å². The number of likely N-dealkylation sites (N-methyl/N-ethyl adjacent to an activating group) is 1. The summed E-state index contributed by atoms with van der Waals surface area (Å²) in [6, 6.07) is 17.2. The van der Waals surface area contributed by atoms with Crippen molar-refractivity contribution >= 4 is 23.0 Å². The molecule has 1 N–H and O–H groups in total.